The summed E-state index contributed by atoms with van der Waals surface area (Å²) in [5.74, 6) is 0.697. The average molecular weight is 279 g/mol. The maximum absolute atomic E-state index is 11.1. The van der Waals surface area contributed by atoms with E-state index in [0.29, 0.717) is 5.92 Å². The van der Waals surface area contributed by atoms with E-state index in [1.54, 1.807) is 0 Å². The number of nitrogens with two attached hydrogens (primary N) is 1. The topological polar surface area (TPSA) is 107 Å². The fourth-order valence-electron chi connectivity index (χ4n) is 3.33. The lowest BCUT2D eigenvalue weighted by molar-refractivity contribution is -0.383. The number of rotatable bonds is 3. The van der Waals surface area contributed by atoms with Crippen LogP contribution in [0.4, 0.5) is 17.3 Å². The standard InChI is InChI=1S/C13H21N5O2/c1-8-4-9(6-13(2,3)5-8)17-12-10(18(19)20)11(14)15-7-16-12/h7-9H,4-6H2,1-3H3,(H3,14,15,16,17)/t8-,9+/m0/s1. The molecule has 1 heterocycles. The molecule has 1 fully saturated rings. The lowest BCUT2D eigenvalue weighted by atomic mass is 9.70. The molecule has 0 aliphatic heterocycles. The predicted molar refractivity (Wildman–Crippen MR) is 77.3 cm³/mol. The summed E-state index contributed by atoms with van der Waals surface area (Å²) in [7, 11) is 0. The van der Waals surface area contributed by atoms with Crippen LogP contribution in [-0.2, 0) is 0 Å². The Bertz CT molecular complexity index is 517. The van der Waals surface area contributed by atoms with Gasteiger partial charge in [-0.1, -0.05) is 20.8 Å². The summed E-state index contributed by atoms with van der Waals surface area (Å²) in [5, 5.41) is 14.3. The number of hydrogen-bond acceptors (Lipinski definition) is 6. The van der Waals surface area contributed by atoms with Gasteiger partial charge in [-0.05, 0) is 30.6 Å². The van der Waals surface area contributed by atoms with Gasteiger partial charge in [-0.25, -0.2) is 9.97 Å². The molecule has 1 aromatic rings. The molecule has 3 N–H and O–H groups in total. The van der Waals surface area contributed by atoms with Crippen molar-refractivity contribution in [2.24, 2.45) is 11.3 Å². The Morgan fingerprint density at radius 1 is 1.45 bits per heavy atom. The first-order valence-corrected chi connectivity index (χ1v) is 6.80. The summed E-state index contributed by atoms with van der Waals surface area (Å²) in [6.07, 6.45) is 4.35. The SMILES string of the molecule is C[C@H]1C[C@@H](Nc2ncnc(N)c2[N+](=O)[O-])CC(C)(C)C1. The molecule has 0 unspecified atom stereocenters. The van der Waals surface area contributed by atoms with Crippen LogP contribution in [0.3, 0.4) is 0 Å². The molecule has 2 rings (SSSR count). The lowest BCUT2D eigenvalue weighted by Crippen LogP contribution is -2.36. The normalized spacial score (nSPS) is 25.1. The van der Waals surface area contributed by atoms with Gasteiger partial charge in [0.2, 0.25) is 11.6 Å². The van der Waals surface area contributed by atoms with Crippen molar-refractivity contribution in [2.45, 2.75) is 46.1 Å². The third kappa shape index (κ3) is 3.15. The van der Waals surface area contributed by atoms with Gasteiger partial charge >= 0.3 is 5.69 Å². The third-order valence-corrected chi connectivity index (χ3v) is 3.76. The molecular weight excluding hydrogens is 258 g/mol. The first kappa shape index (κ1) is 14.5. The molecular formula is C13H21N5O2. The van der Waals surface area contributed by atoms with Gasteiger partial charge in [-0.3, -0.25) is 10.1 Å². The molecule has 1 saturated carbocycles. The van der Waals surface area contributed by atoms with Crippen LogP contribution in [-0.4, -0.2) is 20.9 Å². The van der Waals surface area contributed by atoms with Crippen LogP contribution in [0.2, 0.25) is 0 Å². The Kier molecular flexibility index (Phi) is 3.78. The number of aromatic nitrogens is 2. The van der Waals surface area contributed by atoms with Crippen molar-refractivity contribution < 1.29 is 4.92 Å². The molecule has 7 nitrogen and oxygen atoms in total. The highest BCUT2D eigenvalue weighted by Gasteiger charge is 2.33. The van der Waals surface area contributed by atoms with E-state index in [2.05, 4.69) is 36.1 Å². The van der Waals surface area contributed by atoms with E-state index in [1.165, 1.54) is 12.7 Å². The minimum atomic E-state index is -0.533. The molecule has 2 atom stereocenters. The quantitative estimate of drug-likeness (QED) is 0.650. The summed E-state index contributed by atoms with van der Waals surface area (Å²) in [6.45, 7) is 6.65. The Morgan fingerprint density at radius 2 is 2.15 bits per heavy atom. The zero-order valence-electron chi connectivity index (χ0n) is 12.1. The Balaban J connectivity index is 2.22. The second-order valence-corrected chi connectivity index (χ2v) is 6.47. The Morgan fingerprint density at radius 3 is 2.75 bits per heavy atom. The van der Waals surface area contributed by atoms with E-state index < -0.39 is 4.92 Å². The molecule has 7 heteroatoms. The Labute approximate surface area is 118 Å². The van der Waals surface area contributed by atoms with E-state index >= 15 is 0 Å². The third-order valence-electron chi connectivity index (χ3n) is 3.76. The highest BCUT2D eigenvalue weighted by atomic mass is 16.6. The highest BCUT2D eigenvalue weighted by molar-refractivity contribution is 5.67. The van der Waals surface area contributed by atoms with Gasteiger partial charge in [0.15, 0.2) is 0 Å². The van der Waals surface area contributed by atoms with Crippen molar-refractivity contribution in [3.63, 3.8) is 0 Å². The molecule has 0 spiro atoms. The minimum absolute atomic E-state index is 0.101. The van der Waals surface area contributed by atoms with E-state index in [4.69, 9.17) is 5.73 Å². The number of nitrogens with zero attached hydrogens (tertiary/aromatic N) is 3. The summed E-state index contributed by atoms with van der Waals surface area (Å²) in [5.41, 5.74) is 5.57. The highest BCUT2D eigenvalue weighted by Crippen LogP contribution is 2.40. The maximum Gasteiger partial charge on any atom is 0.352 e. The molecule has 0 aromatic carbocycles. The fraction of sp³-hybridized carbons (Fsp3) is 0.692. The lowest BCUT2D eigenvalue weighted by Gasteiger charge is -2.39. The molecule has 1 aliphatic carbocycles. The summed E-state index contributed by atoms with van der Waals surface area (Å²) >= 11 is 0. The van der Waals surface area contributed by atoms with Gasteiger partial charge in [-0.2, -0.15) is 0 Å². The summed E-state index contributed by atoms with van der Waals surface area (Å²) in [6, 6.07) is 0.168. The van der Waals surface area contributed by atoms with Crippen molar-refractivity contribution >= 4 is 17.3 Å². The first-order valence-electron chi connectivity index (χ1n) is 6.80. The first-order chi connectivity index (χ1) is 9.28. The average Bonchev–Trinajstić information content (AvgIpc) is 2.25. The van der Waals surface area contributed by atoms with Crippen molar-refractivity contribution in [3.05, 3.63) is 16.4 Å². The molecule has 0 amide bonds. The van der Waals surface area contributed by atoms with Crippen LogP contribution in [0.25, 0.3) is 0 Å². The zero-order chi connectivity index (χ0) is 14.9. The van der Waals surface area contributed by atoms with Gasteiger partial charge in [-0.15, -0.1) is 0 Å². The van der Waals surface area contributed by atoms with Crippen LogP contribution in [0.1, 0.15) is 40.0 Å². The van der Waals surface area contributed by atoms with E-state index in [0.717, 1.165) is 12.8 Å². The van der Waals surface area contributed by atoms with Gasteiger partial charge < -0.3 is 11.1 Å². The molecule has 0 saturated heterocycles. The van der Waals surface area contributed by atoms with Crippen molar-refractivity contribution in [2.75, 3.05) is 11.1 Å². The Hall–Kier alpha value is -1.92. The van der Waals surface area contributed by atoms with Gasteiger partial charge in [0, 0.05) is 6.04 Å². The molecule has 20 heavy (non-hydrogen) atoms. The van der Waals surface area contributed by atoms with Crippen LogP contribution in [0.15, 0.2) is 6.33 Å². The number of nitrogen functional groups attached to an aromatic ring is 1. The van der Waals surface area contributed by atoms with Gasteiger partial charge in [0.25, 0.3) is 0 Å². The van der Waals surface area contributed by atoms with Crippen LogP contribution in [0.5, 0.6) is 0 Å². The molecule has 110 valence electrons. The van der Waals surface area contributed by atoms with Gasteiger partial charge in [0.05, 0.1) is 4.92 Å². The monoisotopic (exact) mass is 279 g/mol. The van der Waals surface area contributed by atoms with E-state index in [1.807, 2.05) is 0 Å². The predicted octanol–water partition coefficient (Wildman–Crippen LogP) is 2.59. The van der Waals surface area contributed by atoms with Crippen molar-refractivity contribution in [1.82, 2.24) is 9.97 Å². The summed E-state index contributed by atoms with van der Waals surface area (Å²) in [4.78, 5) is 18.2. The van der Waals surface area contributed by atoms with Crippen LogP contribution < -0.4 is 11.1 Å². The summed E-state index contributed by atoms with van der Waals surface area (Å²) < 4.78 is 0. The fourth-order valence-corrected chi connectivity index (χ4v) is 3.33. The van der Waals surface area contributed by atoms with Crippen LogP contribution >= 0.6 is 0 Å². The van der Waals surface area contributed by atoms with E-state index in [-0.39, 0.29) is 28.8 Å². The van der Waals surface area contributed by atoms with Crippen molar-refractivity contribution in [1.29, 1.82) is 0 Å². The molecule has 0 bridgehead atoms. The van der Waals surface area contributed by atoms with Crippen LogP contribution in [0, 0.1) is 21.4 Å². The second kappa shape index (κ2) is 5.22. The number of nitro groups is 1. The second-order valence-electron chi connectivity index (χ2n) is 6.47. The smallest absolute Gasteiger partial charge is 0.352 e. The number of hydrogen-bond donors (Lipinski definition) is 2. The largest absolute Gasteiger partial charge is 0.378 e. The minimum Gasteiger partial charge on any atom is -0.378 e. The molecule has 0 radical (unpaired) electrons. The molecule has 1 aromatic heterocycles. The van der Waals surface area contributed by atoms with Crippen molar-refractivity contribution in [3.8, 4) is 0 Å². The molecule has 1 aliphatic rings. The maximum atomic E-state index is 11.1. The van der Waals surface area contributed by atoms with E-state index in [9.17, 15) is 10.1 Å². The number of nitrogens with one attached hydrogen (secondary N) is 1. The van der Waals surface area contributed by atoms with Gasteiger partial charge in [0.1, 0.15) is 6.33 Å². The zero-order valence-corrected chi connectivity index (χ0v) is 12.1. The number of anilines is 2.